The van der Waals surface area contributed by atoms with Gasteiger partial charge >= 0.3 is 0 Å². The second-order valence-electron chi connectivity index (χ2n) is 2.61. The first kappa shape index (κ1) is 9.81. The molecule has 0 aliphatic carbocycles. The van der Waals surface area contributed by atoms with Crippen molar-refractivity contribution in [1.82, 2.24) is 0 Å². The Morgan fingerprint density at radius 1 is 1.38 bits per heavy atom. The number of hydrogen-bond acceptors (Lipinski definition) is 2. The number of aliphatic hydroxyl groups excluding tert-OH is 1. The Morgan fingerprint density at radius 3 is 2.85 bits per heavy atom. The summed E-state index contributed by atoms with van der Waals surface area (Å²) in [4.78, 5) is 0. The molecule has 2 heteroatoms. The quantitative estimate of drug-likeness (QED) is 0.765. The van der Waals surface area contributed by atoms with Crippen molar-refractivity contribution < 1.29 is 9.84 Å². The normalized spacial score (nSPS) is 10.6. The van der Waals surface area contributed by atoms with Gasteiger partial charge < -0.3 is 9.84 Å². The molecule has 0 unspecified atom stereocenters. The smallest absolute Gasteiger partial charge is 0.126 e. The number of ether oxygens (including phenoxy) is 1. The van der Waals surface area contributed by atoms with E-state index in [1.54, 1.807) is 0 Å². The molecule has 0 radical (unpaired) electrons. The average molecular weight is 178 g/mol. The predicted molar refractivity (Wildman–Crippen MR) is 53.7 cm³/mol. The van der Waals surface area contributed by atoms with Crippen LogP contribution in [0.4, 0.5) is 0 Å². The lowest BCUT2D eigenvalue weighted by Gasteiger charge is -2.06. The van der Waals surface area contributed by atoms with E-state index in [4.69, 9.17) is 9.84 Å². The minimum absolute atomic E-state index is 0.0458. The molecule has 0 saturated carbocycles. The summed E-state index contributed by atoms with van der Waals surface area (Å²) in [6, 6.07) is 7.75. The van der Waals surface area contributed by atoms with Crippen molar-refractivity contribution in [2.75, 3.05) is 13.2 Å². The Kier molecular flexibility index (Phi) is 4.06. The van der Waals surface area contributed by atoms with Gasteiger partial charge in [-0.3, -0.25) is 0 Å². The Morgan fingerprint density at radius 2 is 2.15 bits per heavy atom. The van der Waals surface area contributed by atoms with E-state index >= 15 is 0 Å². The first-order valence-corrected chi connectivity index (χ1v) is 4.34. The molecule has 0 saturated heterocycles. The Bertz CT molecular complexity index is 279. The summed E-state index contributed by atoms with van der Waals surface area (Å²) in [5.74, 6) is 0.814. The van der Waals surface area contributed by atoms with Crippen LogP contribution < -0.4 is 4.74 Å². The van der Waals surface area contributed by atoms with Gasteiger partial charge in [0.05, 0.1) is 6.61 Å². The molecule has 1 rings (SSSR count). The van der Waals surface area contributed by atoms with E-state index in [1.165, 1.54) is 0 Å². The summed E-state index contributed by atoms with van der Waals surface area (Å²) in [7, 11) is 0. The fraction of sp³-hybridized carbons (Fsp3) is 0.273. The summed E-state index contributed by atoms with van der Waals surface area (Å²) in [6.07, 6.45) is 3.94. The molecule has 70 valence electrons. The number of rotatable bonds is 4. The summed E-state index contributed by atoms with van der Waals surface area (Å²) in [6.45, 7) is 2.35. The molecular weight excluding hydrogens is 164 g/mol. The third-order valence-electron chi connectivity index (χ3n) is 1.61. The van der Waals surface area contributed by atoms with Crippen molar-refractivity contribution in [3.63, 3.8) is 0 Å². The van der Waals surface area contributed by atoms with Crippen molar-refractivity contribution >= 4 is 6.08 Å². The maximum atomic E-state index is 8.61. The van der Waals surface area contributed by atoms with Crippen LogP contribution >= 0.6 is 0 Å². The molecule has 0 aromatic heterocycles. The van der Waals surface area contributed by atoms with Crippen LogP contribution in [0.3, 0.4) is 0 Å². The molecule has 0 amide bonds. The molecule has 0 atom stereocenters. The van der Waals surface area contributed by atoms with Gasteiger partial charge in [0.15, 0.2) is 0 Å². The summed E-state index contributed by atoms with van der Waals surface area (Å²) < 4.78 is 5.34. The van der Waals surface area contributed by atoms with Gasteiger partial charge in [-0.25, -0.2) is 0 Å². The highest BCUT2D eigenvalue weighted by Gasteiger charge is 1.97. The minimum Gasteiger partial charge on any atom is -0.491 e. The zero-order valence-electron chi connectivity index (χ0n) is 7.73. The summed E-state index contributed by atoms with van der Waals surface area (Å²) in [5.41, 5.74) is 1.04. The van der Waals surface area contributed by atoms with Crippen molar-refractivity contribution in [3.8, 4) is 5.75 Å². The third kappa shape index (κ3) is 2.92. The van der Waals surface area contributed by atoms with E-state index < -0.39 is 0 Å². The van der Waals surface area contributed by atoms with E-state index in [0.29, 0.717) is 6.61 Å². The van der Waals surface area contributed by atoms with Gasteiger partial charge in [0.25, 0.3) is 0 Å². The lowest BCUT2D eigenvalue weighted by molar-refractivity contribution is 0.201. The van der Waals surface area contributed by atoms with Crippen molar-refractivity contribution in [1.29, 1.82) is 0 Å². The van der Waals surface area contributed by atoms with E-state index in [1.807, 2.05) is 43.3 Å². The van der Waals surface area contributed by atoms with Gasteiger partial charge in [0.1, 0.15) is 12.4 Å². The van der Waals surface area contributed by atoms with E-state index in [9.17, 15) is 0 Å². The van der Waals surface area contributed by atoms with E-state index in [-0.39, 0.29) is 6.61 Å². The van der Waals surface area contributed by atoms with Gasteiger partial charge in [-0.05, 0) is 13.0 Å². The van der Waals surface area contributed by atoms with Crippen LogP contribution in [0.25, 0.3) is 6.08 Å². The van der Waals surface area contributed by atoms with Crippen LogP contribution in [0.2, 0.25) is 0 Å². The van der Waals surface area contributed by atoms with Crippen molar-refractivity contribution in [2.45, 2.75) is 6.92 Å². The zero-order chi connectivity index (χ0) is 9.52. The monoisotopic (exact) mass is 178 g/mol. The fourth-order valence-corrected chi connectivity index (χ4v) is 1.08. The molecular formula is C11H14O2. The molecule has 0 fully saturated rings. The van der Waals surface area contributed by atoms with Gasteiger partial charge in [0.2, 0.25) is 0 Å². The molecule has 0 aliphatic heterocycles. The van der Waals surface area contributed by atoms with Crippen molar-refractivity contribution in [2.24, 2.45) is 0 Å². The SMILES string of the molecule is CC=Cc1ccccc1OCCO. The predicted octanol–water partition coefficient (Wildman–Crippen LogP) is 2.09. The number of allylic oxidation sites excluding steroid dienone is 1. The van der Waals surface area contributed by atoms with Crippen LogP contribution in [0.1, 0.15) is 12.5 Å². The largest absolute Gasteiger partial charge is 0.491 e. The second-order valence-corrected chi connectivity index (χ2v) is 2.61. The highest BCUT2D eigenvalue weighted by Crippen LogP contribution is 2.18. The molecule has 1 aromatic rings. The van der Waals surface area contributed by atoms with Gasteiger partial charge in [-0.2, -0.15) is 0 Å². The van der Waals surface area contributed by atoms with Gasteiger partial charge in [-0.15, -0.1) is 0 Å². The number of aliphatic hydroxyl groups is 1. The Hall–Kier alpha value is -1.28. The molecule has 0 bridgehead atoms. The molecule has 0 heterocycles. The first-order chi connectivity index (χ1) is 6.38. The first-order valence-electron chi connectivity index (χ1n) is 4.34. The van der Waals surface area contributed by atoms with Crippen LogP contribution in [0, 0.1) is 0 Å². The molecule has 0 aliphatic rings. The van der Waals surface area contributed by atoms with E-state index in [2.05, 4.69) is 0 Å². The van der Waals surface area contributed by atoms with Crippen LogP contribution in [0.5, 0.6) is 5.75 Å². The molecule has 0 spiro atoms. The second kappa shape index (κ2) is 5.38. The summed E-state index contributed by atoms with van der Waals surface area (Å²) >= 11 is 0. The number of benzene rings is 1. The number of para-hydroxylation sites is 1. The molecule has 1 N–H and O–H groups in total. The maximum absolute atomic E-state index is 8.61. The Balaban J connectivity index is 2.78. The van der Waals surface area contributed by atoms with Gasteiger partial charge in [0, 0.05) is 5.56 Å². The zero-order valence-corrected chi connectivity index (χ0v) is 7.73. The minimum atomic E-state index is 0.0458. The highest BCUT2D eigenvalue weighted by molar-refractivity contribution is 5.56. The Labute approximate surface area is 78.5 Å². The summed E-state index contributed by atoms with van der Waals surface area (Å²) in [5, 5.41) is 8.61. The topological polar surface area (TPSA) is 29.5 Å². The third-order valence-corrected chi connectivity index (χ3v) is 1.61. The standard InChI is InChI=1S/C11H14O2/c1-2-5-10-6-3-4-7-11(10)13-9-8-12/h2-7,12H,8-9H2,1H3. The van der Waals surface area contributed by atoms with Crippen LogP contribution in [-0.4, -0.2) is 18.3 Å². The molecule has 2 nitrogen and oxygen atoms in total. The van der Waals surface area contributed by atoms with E-state index in [0.717, 1.165) is 11.3 Å². The lowest BCUT2D eigenvalue weighted by atomic mass is 10.2. The van der Waals surface area contributed by atoms with Crippen molar-refractivity contribution in [3.05, 3.63) is 35.9 Å². The van der Waals surface area contributed by atoms with Gasteiger partial charge in [-0.1, -0.05) is 30.4 Å². The lowest BCUT2D eigenvalue weighted by Crippen LogP contribution is -2.02. The molecule has 1 aromatic carbocycles. The van der Waals surface area contributed by atoms with Crippen LogP contribution in [0.15, 0.2) is 30.3 Å². The maximum Gasteiger partial charge on any atom is 0.126 e. The van der Waals surface area contributed by atoms with Crippen LogP contribution in [-0.2, 0) is 0 Å². The number of hydrogen-bond donors (Lipinski definition) is 1. The fourth-order valence-electron chi connectivity index (χ4n) is 1.08. The molecule has 13 heavy (non-hydrogen) atoms. The highest BCUT2D eigenvalue weighted by atomic mass is 16.5. The average Bonchev–Trinajstić information content (AvgIpc) is 2.17.